The monoisotopic (exact) mass is 626 g/mol. The zero-order chi connectivity index (χ0) is 28.3. The maximum absolute atomic E-state index is 14.0. The number of hydrogen-bond acceptors (Lipinski definition) is 8. The van der Waals surface area contributed by atoms with Crippen molar-refractivity contribution in [1.82, 2.24) is 24.8 Å². The largest absolute Gasteiger partial charge is 0.480 e. The highest BCUT2D eigenvalue weighted by molar-refractivity contribution is 9.11. The fraction of sp³-hybridized carbons (Fsp3) is 0.308. The number of likely N-dealkylation sites (tertiary alicyclic amines) is 1. The number of aliphatic carboxylic acids is 1. The number of halogens is 1. The quantitative estimate of drug-likeness (QED) is 0.152. The Hall–Kier alpha value is -3.88. The van der Waals surface area contributed by atoms with E-state index in [9.17, 15) is 29.6 Å². The van der Waals surface area contributed by atoms with Gasteiger partial charge in [0.2, 0.25) is 11.8 Å². The number of rotatable bonds is 8. The molecule has 4 atom stereocenters. The number of thiophene rings is 1. The first-order valence-corrected chi connectivity index (χ1v) is 14.1. The van der Waals surface area contributed by atoms with E-state index >= 15 is 0 Å². The molecule has 5 heterocycles. The van der Waals surface area contributed by atoms with E-state index in [1.165, 1.54) is 15.9 Å². The second kappa shape index (κ2) is 9.64. The van der Waals surface area contributed by atoms with Crippen LogP contribution in [-0.4, -0.2) is 59.3 Å². The van der Waals surface area contributed by atoms with Gasteiger partial charge in [0.15, 0.2) is 5.82 Å². The number of carboxylic acid groups (broad SMARTS) is 1. The number of hydrogen-bond donors (Lipinski definition) is 3. The lowest BCUT2D eigenvalue weighted by molar-refractivity contribution is -0.392. The van der Waals surface area contributed by atoms with Crippen LogP contribution in [0.1, 0.15) is 22.3 Å². The summed E-state index contributed by atoms with van der Waals surface area (Å²) in [4.78, 5) is 60.8. The number of carboxylic acids is 1. The maximum atomic E-state index is 14.0. The third kappa shape index (κ3) is 3.97. The number of fused-ring (bicyclic) bond motifs is 2. The smallest absolute Gasteiger partial charge is 0.342 e. The molecule has 40 heavy (non-hydrogen) atoms. The minimum absolute atomic E-state index is 0.0322. The lowest BCUT2D eigenvalue weighted by atomic mass is 9.76. The van der Waals surface area contributed by atoms with Crippen LogP contribution >= 0.6 is 27.3 Å². The molecule has 2 fully saturated rings. The molecule has 3 aromatic heterocycles. The summed E-state index contributed by atoms with van der Waals surface area (Å²) in [6.07, 6.45) is 2.83. The molecule has 2 amide bonds. The zero-order valence-corrected chi connectivity index (χ0v) is 23.4. The Bertz CT molecular complexity index is 1700. The second-order valence-corrected chi connectivity index (χ2v) is 12.5. The molecular weight excluding hydrogens is 604 g/mol. The molecule has 0 bridgehead atoms. The second-order valence-electron chi connectivity index (χ2n) is 9.98. The molecule has 1 aromatic carbocycles. The number of carbonyl (C=O) groups excluding carboxylic acids is 2. The molecular formula is C26H23BrN6O6S. The molecule has 12 nitrogen and oxygen atoms in total. The molecule has 0 radical (unpaired) electrons. The number of para-hydroxylation sites is 1. The Morgan fingerprint density at radius 3 is 2.70 bits per heavy atom. The van der Waals surface area contributed by atoms with Gasteiger partial charge in [0.1, 0.15) is 18.3 Å². The van der Waals surface area contributed by atoms with E-state index in [1.54, 1.807) is 13.1 Å². The van der Waals surface area contributed by atoms with Gasteiger partial charge in [-0.05, 0) is 44.6 Å². The van der Waals surface area contributed by atoms with Crippen molar-refractivity contribution in [3.63, 3.8) is 0 Å². The van der Waals surface area contributed by atoms with Gasteiger partial charge in [-0.2, -0.15) is 0 Å². The maximum Gasteiger partial charge on any atom is 0.342 e. The van der Waals surface area contributed by atoms with Crippen molar-refractivity contribution < 1.29 is 24.4 Å². The van der Waals surface area contributed by atoms with Gasteiger partial charge >= 0.3 is 11.8 Å². The number of aromatic nitrogens is 3. The van der Waals surface area contributed by atoms with Gasteiger partial charge in [0.25, 0.3) is 0 Å². The van der Waals surface area contributed by atoms with Crippen LogP contribution in [0.5, 0.6) is 0 Å². The Balaban J connectivity index is 1.40. The number of aromatic amines is 1. The first-order valence-electron chi connectivity index (χ1n) is 12.5. The number of amides is 2. The van der Waals surface area contributed by atoms with Crippen molar-refractivity contribution in [1.29, 1.82) is 0 Å². The standard InChI is InChI=1S/C26H23BrN6O6S/c1-13-28-12-19(33(38)39)31(13)8-9-32-23(34)20-21(24(32)35)26(25(36)37,30-22(20)17-6-7-18(27)40-17)10-14-11-29-16-5-3-2-4-15(14)16/h2-7,11-12,20-22,29-30H,8-10H2,1H3,(H,36,37). The molecule has 0 saturated carbocycles. The zero-order valence-electron chi connectivity index (χ0n) is 21.0. The summed E-state index contributed by atoms with van der Waals surface area (Å²) in [6.45, 7) is 1.41. The average Bonchev–Trinajstić information content (AvgIpc) is 3.72. The Morgan fingerprint density at radius 2 is 2.00 bits per heavy atom. The van der Waals surface area contributed by atoms with Gasteiger partial charge in [0, 0.05) is 35.3 Å². The fourth-order valence-electron chi connectivity index (χ4n) is 6.11. The molecule has 0 spiro atoms. The van der Waals surface area contributed by atoms with Crippen LogP contribution in [0.2, 0.25) is 0 Å². The van der Waals surface area contributed by atoms with Crippen LogP contribution < -0.4 is 5.32 Å². The number of nitrogens with zero attached hydrogens (tertiary/aromatic N) is 4. The third-order valence-corrected chi connectivity index (χ3v) is 9.65. The summed E-state index contributed by atoms with van der Waals surface area (Å²) in [7, 11) is 0. The Labute approximate surface area is 239 Å². The van der Waals surface area contributed by atoms with Crippen LogP contribution in [0.25, 0.3) is 10.9 Å². The summed E-state index contributed by atoms with van der Waals surface area (Å²) < 4.78 is 2.14. The van der Waals surface area contributed by atoms with Gasteiger partial charge in [-0.25, -0.2) is 9.55 Å². The van der Waals surface area contributed by atoms with Gasteiger partial charge in [0.05, 0.1) is 28.2 Å². The normalized spacial score (nSPS) is 24.2. The third-order valence-electron chi connectivity index (χ3n) is 7.94. The van der Waals surface area contributed by atoms with Gasteiger partial charge in [-0.1, -0.05) is 18.2 Å². The lowest BCUT2D eigenvalue weighted by Crippen LogP contribution is -2.57. The Kier molecular flexibility index (Phi) is 6.35. The van der Waals surface area contributed by atoms with E-state index < -0.39 is 46.1 Å². The van der Waals surface area contributed by atoms with Crippen LogP contribution in [0, 0.1) is 28.9 Å². The highest BCUT2D eigenvalue weighted by Gasteiger charge is 2.68. The number of carbonyl (C=O) groups is 3. The molecule has 2 aliphatic rings. The van der Waals surface area contributed by atoms with Crippen LogP contribution in [0.3, 0.4) is 0 Å². The number of imidazole rings is 1. The summed E-state index contributed by atoms with van der Waals surface area (Å²) in [6, 6.07) is 10.4. The predicted octanol–water partition coefficient (Wildman–Crippen LogP) is 3.42. The first kappa shape index (κ1) is 26.3. The van der Waals surface area contributed by atoms with Gasteiger partial charge < -0.3 is 20.2 Å². The lowest BCUT2D eigenvalue weighted by Gasteiger charge is -2.31. The molecule has 206 valence electrons. The van der Waals surface area contributed by atoms with Crippen molar-refractivity contribution >= 4 is 61.8 Å². The summed E-state index contributed by atoms with van der Waals surface area (Å²) >= 11 is 4.81. The summed E-state index contributed by atoms with van der Waals surface area (Å²) in [5.41, 5.74) is -0.227. The molecule has 2 saturated heterocycles. The molecule has 4 aromatic rings. The van der Waals surface area contributed by atoms with E-state index in [0.29, 0.717) is 11.4 Å². The number of H-pyrrole nitrogens is 1. The van der Waals surface area contributed by atoms with Crippen molar-refractivity contribution in [3.05, 3.63) is 79.0 Å². The highest BCUT2D eigenvalue weighted by atomic mass is 79.9. The van der Waals surface area contributed by atoms with E-state index in [-0.39, 0.29) is 25.3 Å². The van der Waals surface area contributed by atoms with Crippen molar-refractivity contribution in [2.24, 2.45) is 11.8 Å². The van der Waals surface area contributed by atoms with Crippen molar-refractivity contribution in [3.8, 4) is 0 Å². The SMILES string of the molecule is Cc1ncc([N+](=O)[O-])n1CCN1C(=O)C2C(c3ccc(Br)s3)NC(Cc3c[nH]c4ccccc34)(C(=O)O)C2C1=O. The molecule has 4 unspecified atom stereocenters. The van der Waals surface area contributed by atoms with Crippen molar-refractivity contribution in [2.45, 2.75) is 31.5 Å². The molecule has 3 N–H and O–H groups in total. The predicted molar refractivity (Wildman–Crippen MR) is 148 cm³/mol. The van der Waals surface area contributed by atoms with Crippen LogP contribution in [0.15, 0.2) is 52.6 Å². The van der Waals surface area contributed by atoms with E-state index in [2.05, 4.69) is 31.2 Å². The molecule has 2 aliphatic heterocycles. The summed E-state index contributed by atoms with van der Waals surface area (Å²) in [5.74, 6) is -4.36. The highest BCUT2D eigenvalue weighted by Crippen LogP contribution is 2.51. The number of benzene rings is 1. The molecule has 6 rings (SSSR count). The average molecular weight is 627 g/mol. The molecule has 0 aliphatic carbocycles. The van der Waals surface area contributed by atoms with E-state index in [4.69, 9.17) is 0 Å². The fourth-order valence-corrected chi connectivity index (χ4v) is 7.64. The van der Waals surface area contributed by atoms with Crippen molar-refractivity contribution in [2.75, 3.05) is 6.54 Å². The number of imide groups is 1. The first-order chi connectivity index (χ1) is 19.1. The van der Waals surface area contributed by atoms with Gasteiger partial charge in [-0.3, -0.25) is 24.6 Å². The van der Waals surface area contributed by atoms with E-state index in [1.807, 2.05) is 36.4 Å². The van der Waals surface area contributed by atoms with Crippen LogP contribution in [0.4, 0.5) is 5.82 Å². The van der Waals surface area contributed by atoms with Crippen LogP contribution in [-0.2, 0) is 27.3 Å². The topological polar surface area (TPSA) is 163 Å². The minimum atomic E-state index is -1.77. The van der Waals surface area contributed by atoms with Gasteiger partial charge in [-0.15, -0.1) is 11.3 Å². The summed E-state index contributed by atoms with van der Waals surface area (Å²) in [5, 5.41) is 26.2. The number of nitro groups is 1. The number of nitrogens with one attached hydrogen (secondary N) is 2. The molecule has 14 heteroatoms. The number of aryl methyl sites for hydroxylation is 1. The Morgan fingerprint density at radius 1 is 1.23 bits per heavy atom. The minimum Gasteiger partial charge on any atom is -0.480 e. The van der Waals surface area contributed by atoms with E-state index in [0.717, 1.165) is 30.7 Å².